The standard InChI is InChI=1S/C16H24N2O3/c1-11-8-12(10-16(2,3)9-11)21-14-7-5-6-13(17-4)15(14)18(19)20/h5-7,11-12,17H,8-10H2,1-4H3. The van der Waals surface area contributed by atoms with Crippen molar-refractivity contribution in [1.29, 1.82) is 0 Å². The smallest absolute Gasteiger partial charge is 0.333 e. The number of hydrogen-bond donors (Lipinski definition) is 1. The molecular weight excluding hydrogens is 268 g/mol. The summed E-state index contributed by atoms with van der Waals surface area (Å²) in [5.74, 6) is 0.937. The molecule has 0 spiro atoms. The second-order valence-electron chi connectivity index (χ2n) is 6.81. The van der Waals surface area contributed by atoms with Gasteiger partial charge in [0, 0.05) is 7.05 Å². The van der Waals surface area contributed by atoms with Crippen molar-refractivity contribution in [2.24, 2.45) is 11.3 Å². The van der Waals surface area contributed by atoms with Gasteiger partial charge < -0.3 is 10.1 Å². The highest BCUT2D eigenvalue weighted by molar-refractivity contribution is 5.68. The first-order valence-corrected chi connectivity index (χ1v) is 7.44. The molecule has 21 heavy (non-hydrogen) atoms. The number of nitrogens with zero attached hydrogens (tertiary/aromatic N) is 1. The van der Waals surface area contributed by atoms with Gasteiger partial charge in [0.15, 0.2) is 5.75 Å². The SMILES string of the molecule is CNc1cccc(OC2CC(C)CC(C)(C)C2)c1[N+](=O)[O-]. The number of hydrogen-bond acceptors (Lipinski definition) is 4. The third-order valence-corrected chi connectivity index (χ3v) is 4.09. The monoisotopic (exact) mass is 292 g/mol. The van der Waals surface area contributed by atoms with Crippen LogP contribution in [0.25, 0.3) is 0 Å². The van der Waals surface area contributed by atoms with Crippen molar-refractivity contribution in [3.05, 3.63) is 28.3 Å². The second kappa shape index (κ2) is 5.92. The van der Waals surface area contributed by atoms with Crippen molar-refractivity contribution < 1.29 is 9.66 Å². The Hall–Kier alpha value is -1.78. The van der Waals surface area contributed by atoms with Crippen LogP contribution in [0.3, 0.4) is 0 Å². The Bertz CT molecular complexity index is 528. The summed E-state index contributed by atoms with van der Waals surface area (Å²) in [6, 6.07) is 5.16. The van der Waals surface area contributed by atoms with Crippen LogP contribution in [0.15, 0.2) is 18.2 Å². The van der Waals surface area contributed by atoms with Crippen LogP contribution in [-0.4, -0.2) is 18.1 Å². The van der Waals surface area contributed by atoms with Crippen LogP contribution in [0.4, 0.5) is 11.4 Å². The molecule has 1 N–H and O–H groups in total. The zero-order valence-corrected chi connectivity index (χ0v) is 13.2. The fourth-order valence-corrected chi connectivity index (χ4v) is 3.54. The number of ether oxygens (including phenoxy) is 1. The van der Waals surface area contributed by atoms with E-state index in [-0.39, 0.29) is 22.1 Å². The number of anilines is 1. The average molecular weight is 292 g/mol. The topological polar surface area (TPSA) is 64.4 Å². The molecule has 1 fully saturated rings. The predicted octanol–water partition coefficient (Wildman–Crippen LogP) is 4.23. The van der Waals surface area contributed by atoms with Crippen LogP contribution in [0.1, 0.15) is 40.0 Å². The Balaban J connectivity index is 2.25. The van der Waals surface area contributed by atoms with Gasteiger partial charge in [0.25, 0.3) is 0 Å². The van der Waals surface area contributed by atoms with Gasteiger partial charge in [-0.2, -0.15) is 0 Å². The Morgan fingerprint density at radius 3 is 2.67 bits per heavy atom. The first-order valence-electron chi connectivity index (χ1n) is 7.44. The van der Waals surface area contributed by atoms with Crippen LogP contribution in [0.5, 0.6) is 5.75 Å². The number of nitro benzene ring substituents is 1. The lowest BCUT2D eigenvalue weighted by atomic mass is 9.71. The van der Waals surface area contributed by atoms with Crippen molar-refractivity contribution >= 4 is 11.4 Å². The van der Waals surface area contributed by atoms with E-state index in [1.807, 2.05) is 0 Å². The van der Waals surface area contributed by atoms with Crippen molar-refractivity contribution in [3.63, 3.8) is 0 Å². The van der Waals surface area contributed by atoms with Crippen LogP contribution in [0, 0.1) is 21.4 Å². The highest BCUT2D eigenvalue weighted by Crippen LogP contribution is 2.42. The molecule has 5 nitrogen and oxygen atoms in total. The Morgan fingerprint density at radius 2 is 2.10 bits per heavy atom. The minimum Gasteiger partial charge on any atom is -0.483 e. The van der Waals surface area contributed by atoms with Crippen LogP contribution >= 0.6 is 0 Å². The maximum atomic E-state index is 11.3. The molecular formula is C16H24N2O3. The maximum Gasteiger partial charge on any atom is 0.333 e. The number of benzene rings is 1. The lowest BCUT2D eigenvalue weighted by molar-refractivity contribution is -0.385. The van der Waals surface area contributed by atoms with Crippen LogP contribution < -0.4 is 10.1 Å². The maximum absolute atomic E-state index is 11.3. The van der Waals surface area contributed by atoms with Crippen molar-refractivity contribution in [2.45, 2.75) is 46.1 Å². The lowest BCUT2D eigenvalue weighted by Gasteiger charge is -2.38. The molecule has 0 aliphatic heterocycles. The number of nitro groups is 1. The molecule has 116 valence electrons. The van der Waals surface area contributed by atoms with Gasteiger partial charge in [0.2, 0.25) is 0 Å². The van der Waals surface area contributed by atoms with Crippen LogP contribution in [0.2, 0.25) is 0 Å². The summed E-state index contributed by atoms with van der Waals surface area (Å²) in [7, 11) is 1.68. The van der Waals surface area contributed by atoms with E-state index in [9.17, 15) is 10.1 Å². The third-order valence-electron chi connectivity index (χ3n) is 4.09. The molecule has 0 amide bonds. The summed E-state index contributed by atoms with van der Waals surface area (Å²) in [5, 5.41) is 14.2. The van der Waals surface area contributed by atoms with Gasteiger partial charge in [-0.1, -0.05) is 26.8 Å². The minimum atomic E-state index is -0.376. The summed E-state index contributed by atoms with van der Waals surface area (Å²) in [4.78, 5) is 10.9. The molecule has 0 aromatic heterocycles. The van der Waals surface area contributed by atoms with Gasteiger partial charge in [-0.05, 0) is 42.7 Å². The molecule has 0 saturated heterocycles. The highest BCUT2D eigenvalue weighted by Gasteiger charge is 2.34. The summed E-state index contributed by atoms with van der Waals surface area (Å²) in [6.07, 6.45) is 3.09. The van der Waals surface area contributed by atoms with E-state index in [1.54, 1.807) is 25.2 Å². The van der Waals surface area contributed by atoms with Gasteiger partial charge in [-0.3, -0.25) is 10.1 Å². The minimum absolute atomic E-state index is 0.0241. The molecule has 2 rings (SSSR count). The fraction of sp³-hybridized carbons (Fsp3) is 0.625. The molecule has 1 aromatic rings. The molecule has 2 unspecified atom stereocenters. The number of rotatable bonds is 4. The number of para-hydroxylation sites is 1. The quantitative estimate of drug-likeness (QED) is 0.666. The molecule has 5 heteroatoms. The van der Waals surface area contributed by atoms with E-state index in [0.717, 1.165) is 12.8 Å². The Morgan fingerprint density at radius 1 is 1.38 bits per heavy atom. The fourth-order valence-electron chi connectivity index (χ4n) is 3.54. The average Bonchev–Trinajstić information content (AvgIpc) is 2.35. The van der Waals surface area contributed by atoms with Gasteiger partial charge in [0.1, 0.15) is 5.69 Å². The summed E-state index contributed by atoms with van der Waals surface area (Å²) < 4.78 is 6.01. The summed E-state index contributed by atoms with van der Waals surface area (Å²) in [6.45, 7) is 6.69. The molecule has 1 aliphatic rings. The Kier molecular flexibility index (Phi) is 4.40. The summed E-state index contributed by atoms with van der Waals surface area (Å²) >= 11 is 0. The molecule has 2 atom stereocenters. The van der Waals surface area contributed by atoms with E-state index in [1.165, 1.54) is 6.42 Å². The first-order chi connectivity index (χ1) is 9.82. The van der Waals surface area contributed by atoms with E-state index in [0.29, 0.717) is 17.4 Å². The normalized spacial score (nSPS) is 24.4. The third kappa shape index (κ3) is 3.65. The lowest BCUT2D eigenvalue weighted by Crippen LogP contribution is -2.34. The van der Waals surface area contributed by atoms with Gasteiger partial charge in [-0.15, -0.1) is 0 Å². The van der Waals surface area contributed by atoms with E-state index < -0.39 is 0 Å². The molecule has 0 heterocycles. The van der Waals surface area contributed by atoms with Gasteiger partial charge in [-0.25, -0.2) is 0 Å². The van der Waals surface area contributed by atoms with Crippen molar-refractivity contribution in [3.8, 4) is 5.75 Å². The molecule has 0 bridgehead atoms. The zero-order valence-electron chi connectivity index (χ0n) is 13.2. The van der Waals surface area contributed by atoms with E-state index in [4.69, 9.17) is 4.74 Å². The van der Waals surface area contributed by atoms with Gasteiger partial charge >= 0.3 is 5.69 Å². The summed E-state index contributed by atoms with van der Waals surface area (Å²) in [5.41, 5.74) is 0.731. The largest absolute Gasteiger partial charge is 0.483 e. The van der Waals surface area contributed by atoms with E-state index >= 15 is 0 Å². The van der Waals surface area contributed by atoms with Gasteiger partial charge in [0.05, 0.1) is 11.0 Å². The molecule has 1 aliphatic carbocycles. The second-order valence-corrected chi connectivity index (χ2v) is 6.81. The molecule has 0 radical (unpaired) electrons. The number of nitrogens with one attached hydrogen (secondary N) is 1. The first kappa shape index (κ1) is 15.6. The highest BCUT2D eigenvalue weighted by atomic mass is 16.6. The van der Waals surface area contributed by atoms with Crippen molar-refractivity contribution in [1.82, 2.24) is 0 Å². The molecule has 1 saturated carbocycles. The molecule has 1 aromatic carbocycles. The van der Waals surface area contributed by atoms with E-state index in [2.05, 4.69) is 26.1 Å². The zero-order chi connectivity index (χ0) is 15.6. The Labute approximate surface area is 125 Å². The predicted molar refractivity (Wildman–Crippen MR) is 83.9 cm³/mol. The van der Waals surface area contributed by atoms with Crippen LogP contribution in [-0.2, 0) is 0 Å². The van der Waals surface area contributed by atoms with Crippen molar-refractivity contribution in [2.75, 3.05) is 12.4 Å².